The minimum atomic E-state index is 0.0203. The number of ether oxygens (including phenoxy) is 1. The van der Waals surface area contributed by atoms with E-state index in [0.717, 1.165) is 31.1 Å². The summed E-state index contributed by atoms with van der Waals surface area (Å²) in [5.74, 6) is 2.60. The lowest BCUT2D eigenvalue weighted by molar-refractivity contribution is -0.233. The fraction of sp³-hybridized carbons (Fsp3) is 0.875. The number of carbonyl (C=O) groups excluding carboxylic acids is 1. The molecule has 5 aliphatic rings. The molecule has 0 aromatic carbocycles. The van der Waals surface area contributed by atoms with Gasteiger partial charge in [-0.2, -0.15) is 0 Å². The summed E-state index contributed by atoms with van der Waals surface area (Å²) in [6, 6.07) is 0. The smallest absolute Gasteiger partial charge is 0.306 e. The highest BCUT2D eigenvalue weighted by atomic mass is 16.5. The number of allylic oxidation sites excluding steroid dienone is 4. The largest absolute Gasteiger partial charge is 0.462 e. The van der Waals surface area contributed by atoms with Gasteiger partial charge >= 0.3 is 5.97 Å². The van der Waals surface area contributed by atoms with Crippen molar-refractivity contribution in [3.8, 4) is 0 Å². The van der Waals surface area contributed by atoms with Crippen LogP contribution in [0.5, 0.6) is 0 Å². The quantitative estimate of drug-likeness (QED) is 0.231. The van der Waals surface area contributed by atoms with Crippen LogP contribution in [0.25, 0.3) is 0 Å². The molecule has 0 spiro atoms. The first kappa shape index (κ1) is 32.3. The molecule has 0 saturated heterocycles. The van der Waals surface area contributed by atoms with Crippen LogP contribution in [0, 0.1) is 56.2 Å². The molecule has 238 valence electrons. The number of esters is 1. The van der Waals surface area contributed by atoms with Crippen LogP contribution >= 0.6 is 0 Å². The summed E-state index contributed by atoms with van der Waals surface area (Å²) in [5.41, 5.74) is 5.14. The molecule has 0 aromatic rings. The second kappa shape index (κ2) is 10.8. The van der Waals surface area contributed by atoms with E-state index < -0.39 is 0 Å². The number of rotatable bonds is 6. The summed E-state index contributed by atoms with van der Waals surface area (Å²) >= 11 is 0. The van der Waals surface area contributed by atoms with Gasteiger partial charge in [-0.3, -0.25) is 4.79 Å². The Morgan fingerprint density at radius 2 is 1.57 bits per heavy atom. The van der Waals surface area contributed by atoms with Crippen molar-refractivity contribution in [2.45, 2.75) is 166 Å². The molecular formula is C40H66O2. The van der Waals surface area contributed by atoms with Crippen molar-refractivity contribution in [1.29, 1.82) is 0 Å². The van der Waals surface area contributed by atoms with Gasteiger partial charge in [0, 0.05) is 11.8 Å². The van der Waals surface area contributed by atoms with Crippen LogP contribution in [0.15, 0.2) is 23.3 Å². The van der Waals surface area contributed by atoms with E-state index in [1.807, 2.05) is 5.57 Å². The molecule has 0 radical (unpaired) electrons. The molecule has 0 amide bonds. The van der Waals surface area contributed by atoms with Gasteiger partial charge < -0.3 is 4.74 Å². The maximum atomic E-state index is 13.1. The molecule has 4 saturated carbocycles. The van der Waals surface area contributed by atoms with E-state index in [4.69, 9.17) is 4.74 Å². The first-order valence-electron chi connectivity index (χ1n) is 18.0. The predicted octanol–water partition coefficient (Wildman–Crippen LogP) is 11.5. The minimum absolute atomic E-state index is 0.0203. The van der Waals surface area contributed by atoms with E-state index in [2.05, 4.69) is 88.3 Å². The monoisotopic (exact) mass is 579 g/mol. The van der Waals surface area contributed by atoms with Crippen LogP contribution in [0.3, 0.4) is 0 Å². The Bertz CT molecular complexity index is 1110. The Hall–Kier alpha value is -1.05. The van der Waals surface area contributed by atoms with Crippen molar-refractivity contribution < 1.29 is 9.53 Å². The third-order valence-corrected chi connectivity index (χ3v) is 15.3. The highest BCUT2D eigenvalue weighted by molar-refractivity contribution is 5.69. The molecule has 0 N–H and O–H groups in total. The molecule has 0 heterocycles. The Labute approximate surface area is 260 Å². The minimum Gasteiger partial charge on any atom is -0.462 e. The van der Waals surface area contributed by atoms with E-state index in [1.165, 1.54) is 63.4 Å². The van der Waals surface area contributed by atoms with Crippen molar-refractivity contribution in [3.05, 3.63) is 23.3 Å². The van der Waals surface area contributed by atoms with Crippen LogP contribution < -0.4 is 0 Å². The first-order chi connectivity index (χ1) is 19.4. The predicted molar refractivity (Wildman–Crippen MR) is 177 cm³/mol. The Morgan fingerprint density at radius 3 is 2.26 bits per heavy atom. The molecule has 9 atom stereocenters. The van der Waals surface area contributed by atoms with E-state index in [0.29, 0.717) is 45.3 Å². The molecule has 42 heavy (non-hydrogen) atoms. The average Bonchev–Trinajstić information content (AvgIpc) is 2.90. The highest BCUT2D eigenvalue weighted by Crippen LogP contribution is 2.76. The van der Waals surface area contributed by atoms with Gasteiger partial charge in [-0.15, -0.1) is 0 Å². The fourth-order valence-electron chi connectivity index (χ4n) is 12.1. The van der Waals surface area contributed by atoms with Crippen molar-refractivity contribution in [1.82, 2.24) is 0 Å². The van der Waals surface area contributed by atoms with E-state index in [9.17, 15) is 4.79 Å². The van der Waals surface area contributed by atoms with E-state index >= 15 is 0 Å². The second-order valence-electron chi connectivity index (χ2n) is 18.4. The number of carbonyl (C=O) groups is 1. The van der Waals surface area contributed by atoms with Gasteiger partial charge in [0.1, 0.15) is 6.10 Å². The van der Waals surface area contributed by atoms with Crippen molar-refractivity contribution in [2.75, 3.05) is 0 Å². The molecule has 2 nitrogen and oxygen atoms in total. The van der Waals surface area contributed by atoms with Crippen LogP contribution in [-0.4, -0.2) is 12.1 Å². The SMILES string of the molecule is CC/C=C(\C)[C@@H](C)CCC(=O)O[C@H]1CC[C@]2(C)[C@H]3CC[C@@H]4C5=CC(C)(C)CC[C@]5(C)CC[C@@]4(C)[C@]3(C)CC[C@H]2C1(C)C. The fourth-order valence-corrected chi connectivity index (χ4v) is 12.1. The molecule has 0 bridgehead atoms. The summed E-state index contributed by atoms with van der Waals surface area (Å²) in [6.45, 7) is 27.2. The van der Waals surface area contributed by atoms with Crippen LogP contribution in [0.4, 0.5) is 0 Å². The molecule has 0 unspecified atom stereocenters. The average molecular weight is 579 g/mol. The topological polar surface area (TPSA) is 26.3 Å². The number of hydrogen-bond donors (Lipinski definition) is 0. The van der Waals surface area contributed by atoms with Crippen molar-refractivity contribution >= 4 is 5.97 Å². The normalized spacial score (nSPS) is 44.9. The summed E-state index contributed by atoms with van der Waals surface area (Å²) in [6.07, 6.45) is 20.7. The zero-order chi connectivity index (χ0) is 30.9. The van der Waals surface area contributed by atoms with Gasteiger partial charge in [0.15, 0.2) is 0 Å². The van der Waals surface area contributed by atoms with Gasteiger partial charge in [0.2, 0.25) is 0 Å². The molecule has 5 rings (SSSR count). The van der Waals surface area contributed by atoms with Crippen LogP contribution in [0.1, 0.15) is 160 Å². The van der Waals surface area contributed by atoms with E-state index in [1.54, 1.807) is 0 Å². The zero-order valence-corrected chi connectivity index (χ0v) is 29.6. The molecule has 0 aliphatic heterocycles. The molecule has 5 aliphatic carbocycles. The first-order valence-corrected chi connectivity index (χ1v) is 18.0. The van der Waals surface area contributed by atoms with Gasteiger partial charge in [0.25, 0.3) is 0 Å². The Kier molecular flexibility index (Phi) is 8.31. The van der Waals surface area contributed by atoms with Gasteiger partial charge in [-0.05, 0) is 135 Å². The van der Waals surface area contributed by atoms with Gasteiger partial charge in [0.05, 0.1) is 0 Å². The summed E-state index contributed by atoms with van der Waals surface area (Å²) < 4.78 is 6.38. The second-order valence-corrected chi connectivity index (χ2v) is 18.4. The lowest BCUT2D eigenvalue weighted by Crippen LogP contribution is -2.66. The van der Waals surface area contributed by atoms with Crippen molar-refractivity contribution in [2.24, 2.45) is 56.2 Å². The Morgan fingerprint density at radius 1 is 0.881 bits per heavy atom. The maximum absolute atomic E-state index is 13.1. The summed E-state index contributed by atoms with van der Waals surface area (Å²) in [7, 11) is 0. The maximum Gasteiger partial charge on any atom is 0.306 e. The summed E-state index contributed by atoms with van der Waals surface area (Å²) in [4.78, 5) is 13.1. The number of hydrogen-bond acceptors (Lipinski definition) is 2. The number of fused-ring (bicyclic) bond motifs is 7. The lowest BCUT2D eigenvalue weighted by Gasteiger charge is -2.72. The highest BCUT2D eigenvalue weighted by Gasteiger charge is 2.69. The third-order valence-electron chi connectivity index (χ3n) is 15.3. The van der Waals surface area contributed by atoms with E-state index in [-0.39, 0.29) is 17.5 Å². The summed E-state index contributed by atoms with van der Waals surface area (Å²) in [5, 5.41) is 0. The Balaban J connectivity index is 1.34. The standard InChI is InChI=1S/C40H66O2/c1-12-13-27(2)28(3)14-17-34(41)42-33-19-20-38(9)31(36(33,6)7)18-21-40(11)32(38)16-15-29-30-26-35(4,5)22-23-37(30,8)24-25-39(29,40)10/h13,26,28-29,31-33H,12,14-25H2,1-11H3/b27-13+/t28-,29+,31-,32+,33-,37+,38-,39+,40+/m0/s1. The lowest BCUT2D eigenvalue weighted by atomic mass is 9.32. The van der Waals surface area contributed by atoms with Gasteiger partial charge in [-0.25, -0.2) is 0 Å². The molecule has 0 aromatic heterocycles. The zero-order valence-electron chi connectivity index (χ0n) is 29.6. The third kappa shape index (κ3) is 5.00. The molecule has 4 fully saturated rings. The van der Waals surface area contributed by atoms with Gasteiger partial charge in [-0.1, -0.05) is 92.5 Å². The van der Waals surface area contributed by atoms with Crippen LogP contribution in [0.2, 0.25) is 0 Å². The molecule has 2 heteroatoms. The molecular weight excluding hydrogens is 512 g/mol. The van der Waals surface area contributed by atoms with Crippen molar-refractivity contribution in [3.63, 3.8) is 0 Å². The van der Waals surface area contributed by atoms with Crippen LogP contribution in [-0.2, 0) is 9.53 Å².